The fourth-order valence-corrected chi connectivity index (χ4v) is 4.01. The van der Waals surface area contributed by atoms with Crippen LogP contribution in [-0.2, 0) is 18.1 Å². The van der Waals surface area contributed by atoms with Crippen LogP contribution in [0.3, 0.4) is 0 Å². The molecule has 0 rings (SSSR count). The molecule has 0 aromatic rings. The van der Waals surface area contributed by atoms with Crippen molar-refractivity contribution in [1.29, 1.82) is 0 Å². The maximum absolute atomic E-state index is 10.7. The number of rotatable bonds is 10. The molecule has 6 nitrogen and oxygen atoms in total. The van der Waals surface area contributed by atoms with Gasteiger partial charge in [0.2, 0.25) is 5.91 Å². The Morgan fingerprint density at radius 2 is 1.59 bits per heavy atom. The van der Waals surface area contributed by atoms with Crippen LogP contribution in [0, 0.1) is 0 Å². The van der Waals surface area contributed by atoms with Gasteiger partial charge in [-0.15, -0.1) is 0 Å². The summed E-state index contributed by atoms with van der Waals surface area (Å²) in [5.41, 5.74) is 4.13. The van der Waals surface area contributed by atoms with Crippen LogP contribution < -0.4 is 5.73 Å². The van der Waals surface area contributed by atoms with Crippen molar-refractivity contribution in [2.75, 3.05) is 19.8 Å². The summed E-state index contributed by atoms with van der Waals surface area (Å²) in [5, 5.41) is 10.1. The molecule has 0 aromatic heterocycles. The van der Waals surface area contributed by atoms with Crippen LogP contribution >= 0.6 is 0 Å². The van der Waals surface area contributed by atoms with E-state index < -0.39 is 20.4 Å². The molecule has 0 aliphatic heterocycles. The third kappa shape index (κ3) is 5.60. The first-order valence-corrected chi connectivity index (χ1v) is 7.70. The van der Waals surface area contributed by atoms with Gasteiger partial charge in [-0.2, -0.15) is 0 Å². The summed E-state index contributed by atoms with van der Waals surface area (Å²) in [6.45, 7) is 6.58. The second kappa shape index (κ2) is 8.59. The van der Waals surface area contributed by atoms with E-state index in [9.17, 15) is 9.90 Å². The Kier molecular flexibility index (Phi) is 8.35. The Hall–Kier alpha value is -0.473. The Morgan fingerprint density at radius 1 is 1.18 bits per heavy atom. The zero-order valence-electron chi connectivity index (χ0n) is 10.8. The molecule has 0 spiro atoms. The first kappa shape index (κ1) is 16.5. The number of amides is 1. The zero-order valence-corrected chi connectivity index (χ0v) is 11.8. The lowest BCUT2D eigenvalue weighted by Gasteiger charge is -2.32. The van der Waals surface area contributed by atoms with Crippen LogP contribution in [0.4, 0.5) is 0 Å². The minimum Gasteiger partial charge on any atom is -0.389 e. The summed E-state index contributed by atoms with van der Waals surface area (Å²) in [6, 6.07) is 0. The maximum Gasteiger partial charge on any atom is 0.531 e. The minimum atomic E-state index is -3.12. The number of aliphatic hydroxyl groups is 1. The molecule has 1 atom stereocenters. The predicted molar refractivity (Wildman–Crippen MR) is 65.1 cm³/mol. The molecule has 0 aliphatic rings. The summed E-state index contributed by atoms with van der Waals surface area (Å²) in [7, 11) is -3.12. The van der Waals surface area contributed by atoms with Crippen LogP contribution in [0.25, 0.3) is 0 Å². The van der Waals surface area contributed by atoms with E-state index in [2.05, 4.69) is 0 Å². The average Bonchev–Trinajstić information content (AvgIpc) is 2.26. The number of primary amides is 1. The number of hydrogen-bond donors (Lipinski definition) is 2. The molecule has 7 heteroatoms. The number of carbonyl (C=O) groups excluding carboxylic acids is 1. The third-order valence-corrected chi connectivity index (χ3v) is 5.29. The molecule has 0 aromatic carbocycles. The fourth-order valence-electron chi connectivity index (χ4n) is 1.47. The number of carbonyl (C=O) groups is 1. The van der Waals surface area contributed by atoms with Crippen molar-refractivity contribution in [2.45, 2.75) is 39.3 Å². The average molecular weight is 265 g/mol. The van der Waals surface area contributed by atoms with Gasteiger partial charge < -0.3 is 24.1 Å². The van der Waals surface area contributed by atoms with E-state index in [4.69, 9.17) is 19.0 Å². The van der Waals surface area contributed by atoms with Gasteiger partial charge in [0.25, 0.3) is 0 Å². The largest absolute Gasteiger partial charge is 0.531 e. The minimum absolute atomic E-state index is 0.0864. The van der Waals surface area contributed by atoms with Crippen LogP contribution in [0.15, 0.2) is 0 Å². The Bertz CT molecular complexity index is 210. The Labute approximate surface area is 103 Å². The van der Waals surface area contributed by atoms with Crippen molar-refractivity contribution in [3.63, 3.8) is 0 Å². The molecular weight excluding hydrogens is 242 g/mol. The van der Waals surface area contributed by atoms with E-state index in [0.717, 1.165) is 0 Å². The molecule has 3 N–H and O–H groups in total. The molecule has 0 aliphatic carbocycles. The van der Waals surface area contributed by atoms with E-state index in [-0.39, 0.29) is 12.8 Å². The van der Waals surface area contributed by atoms with Gasteiger partial charge in [-0.3, -0.25) is 4.79 Å². The number of aliphatic hydroxyl groups excluding tert-OH is 1. The lowest BCUT2D eigenvalue weighted by Crippen LogP contribution is -2.56. The van der Waals surface area contributed by atoms with E-state index in [1.807, 2.05) is 0 Å². The molecule has 1 unspecified atom stereocenters. The monoisotopic (exact) mass is 265 g/mol. The van der Waals surface area contributed by atoms with Gasteiger partial charge in [0.15, 0.2) is 0 Å². The summed E-state index contributed by atoms with van der Waals surface area (Å²) in [6.07, 6.45) is 0.282. The molecule has 102 valence electrons. The van der Waals surface area contributed by atoms with Crippen molar-refractivity contribution in [3.8, 4) is 0 Å². The van der Waals surface area contributed by atoms with Gasteiger partial charge in [0.1, 0.15) is 5.73 Å². The molecule has 17 heavy (non-hydrogen) atoms. The van der Waals surface area contributed by atoms with Gasteiger partial charge in [-0.05, 0) is 27.2 Å². The predicted octanol–water partition coefficient (Wildman–Crippen LogP) is 0.200. The first-order valence-electron chi connectivity index (χ1n) is 5.90. The highest BCUT2D eigenvalue weighted by molar-refractivity contribution is 6.62. The molecule has 0 heterocycles. The van der Waals surface area contributed by atoms with Crippen LogP contribution in [0.5, 0.6) is 0 Å². The van der Waals surface area contributed by atoms with Gasteiger partial charge in [0.05, 0.1) is 0 Å². The summed E-state index contributed by atoms with van der Waals surface area (Å²) in [5.74, 6) is -0.462. The van der Waals surface area contributed by atoms with Crippen molar-refractivity contribution >= 4 is 14.7 Å². The van der Waals surface area contributed by atoms with Crippen LogP contribution in [0.1, 0.15) is 33.6 Å². The van der Waals surface area contributed by atoms with Gasteiger partial charge in [-0.25, -0.2) is 0 Å². The van der Waals surface area contributed by atoms with Crippen molar-refractivity contribution in [3.05, 3.63) is 0 Å². The third-order valence-electron chi connectivity index (χ3n) is 2.11. The van der Waals surface area contributed by atoms with E-state index in [0.29, 0.717) is 19.8 Å². The quantitative estimate of drug-likeness (QED) is 0.551. The van der Waals surface area contributed by atoms with Gasteiger partial charge in [-0.1, -0.05) is 0 Å². The molecule has 0 fully saturated rings. The van der Waals surface area contributed by atoms with Crippen LogP contribution in [-0.4, -0.2) is 45.4 Å². The SMILES string of the molecule is CCO[Si](OCC)(OCC)C(O)CCC(N)=O. The summed E-state index contributed by atoms with van der Waals surface area (Å²) in [4.78, 5) is 10.7. The van der Waals surface area contributed by atoms with Gasteiger partial charge >= 0.3 is 8.80 Å². The van der Waals surface area contributed by atoms with Crippen molar-refractivity contribution in [1.82, 2.24) is 0 Å². The number of nitrogens with two attached hydrogens (primary N) is 1. The van der Waals surface area contributed by atoms with Gasteiger partial charge in [0, 0.05) is 26.2 Å². The topological polar surface area (TPSA) is 91.0 Å². The first-order chi connectivity index (χ1) is 8.02. The molecular formula is C10H23NO5Si. The molecule has 0 radical (unpaired) electrons. The normalized spacial score (nSPS) is 13.6. The highest BCUT2D eigenvalue weighted by Crippen LogP contribution is 2.18. The smallest absolute Gasteiger partial charge is 0.389 e. The van der Waals surface area contributed by atoms with E-state index in [1.54, 1.807) is 20.8 Å². The highest BCUT2D eigenvalue weighted by atomic mass is 28.4. The second-order valence-electron chi connectivity index (χ2n) is 3.42. The molecule has 0 bridgehead atoms. The number of hydrogen-bond acceptors (Lipinski definition) is 5. The Balaban J connectivity index is 4.64. The van der Waals surface area contributed by atoms with Crippen molar-refractivity contribution < 1.29 is 23.2 Å². The summed E-state index contributed by atoms with van der Waals surface area (Å²) < 4.78 is 16.5. The molecule has 0 saturated heterocycles. The lowest BCUT2D eigenvalue weighted by molar-refractivity contribution is -0.118. The maximum atomic E-state index is 10.7. The Morgan fingerprint density at radius 3 is 1.88 bits per heavy atom. The zero-order chi connectivity index (χ0) is 13.3. The standard InChI is InChI=1S/C10H23NO5Si/c1-4-14-17(15-5-2,16-6-3)10(13)8-7-9(11)12/h10,13H,4-8H2,1-3H3,(H2,11,12). The molecule has 0 saturated carbocycles. The van der Waals surface area contributed by atoms with Crippen LogP contribution in [0.2, 0.25) is 0 Å². The second-order valence-corrected chi connectivity index (χ2v) is 6.16. The van der Waals surface area contributed by atoms with Crippen molar-refractivity contribution in [2.24, 2.45) is 5.73 Å². The van der Waals surface area contributed by atoms with E-state index >= 15 is 0 Å². The fraction of sp³-hybridized carbons (Fsp3) is 0.900. The molecule has 1 amide bonds. The summed E-state index contributed by atoms with van der Waals surface area (Å²) >= 11 is 0. The van der Waals surface area contributed by atoms with E-state index in [1.165, 1.54) is 0 Å². The highest BCUT2D eigenvalue weighted by Gasteiger charge is 2.48. The lowest BCUT2D eigenvalue weighted by atomic mass is 10.3.